The lowest BCUT2D eigenvalue weighted by Gasteiger charge is -2.24. The number of likely N-dealkylation sites (N-methyl/N-ethyl adjacent to an activating group) is 1. The van der Waals surface area contributed by atoms with E-state index in [0.29, 0.717) is 18.3 Å². The quantitative estimate of drug-likeness (QED) is 0.471. The van der Waals surface area contributed by atoms with Gasteiger partial charge >= 0.3 is 0 Å². The number of benzene rings is 1. The minimum Gasteiger partial charge on any atom is -0.459 e. The molecule has 29 heavy (non-hydrogen) atoms. The zero-order chi connectivity index (χ0) is 20.5. The maximum Gasteiger partial charge on any atom is 0.291 e. The van der Waals surface area contributed by atoms with E-state index in [2.05, 4.69) is 34.7 Å². The highest BCUT2D eigenvalue weighted by Gasteiger charge is 2.22. The normalized spacial score (nSPS) is 17.3. The molecule has 7 nitrogen and oxygen atoms in total. The number of guanidine groups is 1. The van der Waals surface area contributed by atoms with Crippen molar-refractivity contribution < 1.29 is 9.21 Å². The van der Waals surface area contributed by atoms with Crippen LogP contribution >= 0.6 is 0 Å². The highest BCUT2D eigenvalue weighted by Crippen LogP contribution is 2.16. The first-order chi connectivity index (χ1) is 14.2. The highest BCUT2D eigenvalue weighted by atomic mass is 16.3. The fraction of sp³-hybridized carbons (Fsp3) is 0.455. The van der Waals surface area contributed by atoms with Crippen LogP contribution in [-0.4, -0.2) is 49.0 Å². The molecule has 0 spiro atoms. The van der Waals surface area contributed by atoms with Gasteiger partial charge in [0.15, 0.2) is 11.7 Å². The first-order valence-electron chi connectivity index (χ1n) is 10.4. The van der Waals surface area contributed by atoms with E-state index < -0.39 is 0 Å². The molecule has 0 radical (unpaired) electrons. The number of hydrogen-bond acceptors (Lipinski definition) is 4. The second-order valence-electron chi connectivity index (χ2n) is 7.13. The van der Waals surface area contributed by atoms with Crippen LogP contribution in [0.2, 0.25) is 0 Å². The van der Waals surface area contributed by atoms with Gasteiger partial charge in [0.05, 0.1) is 12.8 Å². The van der Waals surface area contributed by atoms with Crippen LogP contribution in [0.4, 0.5) is 5.69 Å². The third-order valence-corrected chi connectivity index (χ3v) is 5.10. The summed E-state index contributed by atoms with van der Waals surface area (Å²) >= 11 is 0. The predicted octanol–water partition coefficient (Wildman–Crippen LogP) is 3.07. The molecule has 3 N–H and O–H groups in total. The van der Waals surface area contributed by atoms with Gasteiger partial charge in [-0.1, -0.05) is 19.1 Å². The Morgan fingerprint density at radius 2 is 2.14 bits per heavy atom. The molecule has 3 rings (SSSR count). The zero-order valence-corrected chi connectivity index (χ0v) is 17.3. The SMILES string of the molecule is CCNC(=NCc1cccc(NC(=O)c2ccco2)c1)NCC1CCCN1CC. The number of carbonyl (C=O) groups is 1. The van der Waals surface area contributed by atoms with Gasteiger partial charge in [0.1, 0.15) is 0 Å². The number of carbonyl (C=O) groups excluding carboxylic acids is 1. The van der Waals surface area contributed by atoms with Crippen molar-refractivity contribution in [2.45, 2.75) is 39.3 Å². The van der Waals surface area contributed by atoms with E-state index in [-0.39, 0.29) is 5.91 Å². The summed E-state index contributed by atoms with van der Waals surface area (Å²) in [6.45, 7) is 8.81. The van der Waals surface area contributed by atoms with E-state index in [1.54, 1.807) is 12.1 Å². The molecule has 1 fully saturated rings. The standard InChI is InChI=1S/C22H31N5O2/c1-3-23-22(25-16-19-10-6-12-27(19)4-2)24-15-17-8-5-9-18(14-17)26-21(28)20-11-7-13-29-20/h5,7-9,11,13-14,19H,3-4,6,10,12,15-16H2,1-2H3,(H,26,28)(H2,23,24,25). The summed E-state index contributed by atoms with van der Waals surface area (Å²) in [5.41, 5.74) is 1.75. The van der Waals surface area contributed by atoms with Crippen LogP contribution in [0.3, 0.4) is 0 Å². The van der Waals surface area contributed by atoms with E-state index in [1.807, 2.05) is 24.3 Å². The van der Waals surface area contributed by atoms with Crippen molar-refractivity contribution in [3.8, 4) is 0 Å². The largest absolute Gasteiger partial charge is 0.459 e. The molecule has 1 saturated heterocycles. The Kier molecular flexibility index (Phi) is 7.69. The van der Waals surface area contributed by atoms with E-state index in [4.69, 9.17) is 9.41 Å². The van der Waals surface area contributed by atoms with Gasteiger partial charge in [-0.3, -0.25) is 9.69 Å². The van der Waals surface area contributed by atoms with Gasteiger partial charge in [-0.05, 0) is 62.7 Å². The number of nitrogens with zero attached hydrogens (tertiary/aromatic N) is 2. The third kappa shape index (κ3) is 6.09. The van der Waals surface area contributed by atoms with Crippen LogP contribution in [0, 0.1) is 0 Å². The van der Waals surface area contributed by atoms with Crippen LogP contribution < -0.4 is 16.0 Å². The van der Waals surface area contributed by atoms with Gasteiger partial charge in [0.2, 0.25) is 0 Å². The van der Waals surface area contributed by atoms with Gasteiger partial charge in [0.25, 0.3) is 5.91 Å². The molecule has 1 atom stereocenters. The number of rotatable bonds is 8. The maximum atomic E-state index is 12.1. The van der Waals surface area contributed by atoms with Crippen LogP contribution in [0.25, 0.3) is 0 Å². The van der Waals surface area contributed by atoms with Gasteiger partial charge in [-0.2, -0.15) is 0 Å². The lowest BCUT2D eigenvalue weighted by molar-refractivity contribution is 0.0996. The molecule has 1 aliphatic heterocycles. The molecule has 1 aliphatic rings. The second-order valence-corrected chi connectivity index (χ2v) is 7.13. The van der Waals surface area contributed by atoms with E-state index >= 15 is 0 Å². The van der Waals surface area contributed by atoms with Gasteiger partial charge < -0.3 is 20.4 Å². The molecule has 156 valence electrons. The van der Waals surface area contributed by atoms with Gasteiger partial charge in [0, 0.05) is 24.8 Å². The monoisotopic (exact) mass is 397 g/mol. The van der Waals surface area contributed by atoms with E-state index in [9.17, 15) is 4.79 Å². The van der Waals surface area contributed by atoms with Crippen LogP contribution in [-0.2, 0) is 6.54 Å². The summed E-state index contributed by atoms with van der Waals surface area (Å²) in [5, 5.41) is 9.64. The Morgan fingerprint density at radius 3 is 2.90 bits per heavy atom. The minimum absolute atomic E-state index is 0.261. The molecule has 0 aliphatic carbocycles. The Bertz CT molecular complexity index is 803. The van der Waals surface area contributed by atoms with Crippen molar-refractivity contribution in [3.05, 3.63) is 54.0 Å². The van der Waals surface area contributed by atoms with Crippen molar-refractivity contribution >= 4 is 17.6 Å². The molecule has 2 aromatic rings. The Labute approximate surface area is 172 Å². The summed E-state index contributed by atoms with van der Waals surface area (Å²) in [6, 6.07) is 11.6. The average molecular weight is 398 g/mol. The fourth-order valence-corrected chi connectivity index (χ4v) is 3.62. The van der Waals surface area contributed by atoms with Crippen LogP contribution in [0.1, 0.15) is 42.8 Å². The van der Waals surface area contributed by atoms with Crippen molar-refractivity contribution in [1.82, 2.24) is 15.5 Å². The van der Waals surface area contributed by atoms with Crippen molar-refractivity contribution in [2.24, 2.45) is 4.99 Å². The molecule has 1 amide bonds. The fourth-order valence-electron chi connectivity index (χ4n) is 3.62. The molecule has 1 unspecified atom stereocenters. The van der Waals surface area contributed by atoms with Crippen molar-refractivity contribution in [3.63, 3.8) is 0 Å². The Balaban J connectivity index is 1.57. The van der Waals surface area contributed by atoms with Gasteiger partial charge in [-0.15, -0.1) is 0 Å². The van der Waals surface area contributed by atoms with E-state index in [1.165, 1.54) is 25.6 Å². The average Bonchev–Trinajstić information content (AvgIpc) is 3.42. The predicted molar refractivity (Wildman–Crippen MR) is 116 cm³/mol. The molecule has 0 saturated carbocycles. The summed E-state index contributed by atoms with van der Waals surface area (Å²) in [7, 11) is 0. The number of likely N-dealkylation sites (tertiary alicyclic amines) is 1. The number of hydrogen-bond donors (Lipinski definition) is 3. The molecule has 7 heteroatoms. The van der Waals surface area contributed by atoms with Gasteiger partial charge in [-0.25, -0.2) is 4.99 Å². The summed E-state index contributed by atoms with van der Waals surface area (Å²) in [6.07, 6.45) is 3.99. The maximum absolute atomic E-state index is 12.1. The highest BCUT2D eigenvalue weighted by molar-refractivity contribution is 6.02. The van der Waals surface area contributed by atoms with Crippen molar-refractivity contribution in [2.75, 3.05) is 31.5 Å². The lowest BCUT2D eigenvalue weighted by atomic mass is 10.2. The minimum atomic E-state index is -0.261. The second kappa shape index (κ2) is 10.7. The number of furan rings is 1. The lowest BCUT2D eigenvalue weighted by Crippen LogP contribution is -2.44. The summed E-state index contributed by atoms with van der Waals surface area (Å²) in [4.78, 5) is 19.4. The Hall–Kier alpha value is -2.80. The molecule has 2 heterocycles. The molecular formula is C22H31N5O2. The molecule has 0 bridgehead atoms. The Morgan fingerprint density at radius 1 is 1.24 bits per heavy atom. The number of aliphatic imine (C=N–C) groups is 1. The first-order valence-corrected chi connectivity index (χ1v) is 10.4. The smallest absolute Gasteiger partial charge is 0.291 e. The molecular weight excluding hydrogens is 366 g/mol. The van der Waals surface area contributed by atoms with Crippen LogP contribution in [0.5, 0.6) is 0 Å². The first kappa shape index (κ1) is 20.9. The molecule has 1 aromatic heterocycles. The van der Waals surface area contributed by atoms with Crippen LogP contribution in [0.15, 0.2) is 52.1 Å². The van der Waals surface area contributed by atoms with Crippen molar-refractivity contribution in [1.29, 1.82) is 0 Å². The summed E-state index contributed by atoms with van der Waals surface area (Å²) < 4.78 is 5.13. The van der Waals surface area contributed by atoms with E-state index in [0.717, 1.165) is 36.8 Å². The third-order valence-electron chi connectivity index (χ3n) is 5.10. The summed E-state index contributed by atoms with van der Waals surface area (Å²) in [5.74, 6) is 0.850. The number of amides is 1. The number of nitrogens with one attached hydrogen (secondary N) is 3. The molecule has 1 aromatic carbocycles. The zero-order valence-electron chi connectivity index (χ0n) is 17.3. The number of anilines is 1. The topological polar surface area (TPSA) is 81.9 Å².